The molecule has 6 aromatic carbocycles. The Kier molecular flexibility index (Phi) is 7.22. The highest BCUT2D eigenvalue weighted by molar-refractivity contribution is 7.18. The quantitative estimate of drug-likeness (QED) is 0.163. The molecule has 0 aliphatic rings. The van der Waals surface area contributed by atoms with E-state index < -0.39 is 0 Å². The number of anilines is 6. The molecule has 0 aliphatic carbocycles. The van der Waals surface area contributed by atoms with Gasteiger partial charge < -0.3 is 18.6 Å². The molecule has 0 saturated carbocycles. The zero-order valence-electron chi connectivity index (χ0n) is 26.2. The molecule has 0 aliphatic heterocycles. The molecule has 0 saturated heterocycles. The number of para-hydroxylation sites is 4. The molecule has 0 bridgehead atoms. The zero-order chi connectivity index (χ0) is 32.6. The normalized spacial score (nSPS) is 11.3. The second kappa shape index (κ2) is 12.3. The van der Waals surface area contributed by atoms with Crippen LogP contribution in [0.25, 0.3) is 43.7 Å². The number of rotatable bonds is 8. The minimum atomic E-state index is 0.564. The second-order valence-corrected chi connectivity index (χ2v) is 12.6. The molecule has 7 heteroatoms. The summed E-state index contributed by atoms with van der Waals surface area (Å²) >= 11 is 1.54. The summed E-state index contributed by atoms with van der Waals surface area (Å²) < 4.78 is 12.7. The summed E-state index contributed by atoms with van der Waals surface area (Å²) in [6, 6.07) is 57.6. The number of nitrogens with zero attached hydrogens (tertiary/aromatic N) is 4. The van der Waals surface area contributed by atoms with Crippen LogP contribution in [0.3, 0.4) is 0 Å². The Morgan fingerprint density at radius 1 is 0.367 bits per heavy atom. The highest BCUT2D eigenvalue weighted by atomic mass is 32.1. The van der Waals surface area contributed by atoms with Gasteiger partial charge in [-0.1, -0.05) is 72.8 Å². The predicted octanol–water partition coefficient (Wildman–Crippen LogP) is 12.3. The van der Waals surface area contributed by atoms with E-state index in [9.17, 15) is 0 Å². The average Bonchev–Trinajstić information content (AvgIpc) is 3.92. The number of oxazole rings is 2. The van der Waals surface area contributed by atoms with Crippen molar-refractivity contribution in [2.45, 2.75) is 0 Å². The van der Waals surface area contributed by atoms with Gasteiger partial charge in [-0.15, -0.1) is 11.3 Å². The lowest BCUT2D eigenvalue weighted by atomic mass is 10.2. The first kappa shape index (κ1) is 28.8. The van der Waals surface area contributed by atoms with Crippen molar-refractivity contribution in [3.8, 4) is 21.5 Å². The smallest absolute Gasteiger partial charge is 0.237 e. The first-order chi connectivity index (χ1) is 24.3. The maximum Gasteiger partial charge on any atom is 0.237 e. The Hall–Kier alpha value is -6.44. The van der Waals surface area contributed by atoms with E-state index in [1.807, 2.05) is 109 Å². The number of benzene rings is 6. The monoisotopic (exact) mass is 652 g/mol. The summed E-state index contributed by atoms with van der Waals surface area (Å²) in [4.78, 5) is 15.9. The standard InChI is InChI=1S/C42H28N4O2S/c1-5-13-29(14-6-1)45(30-15-7-2-8-16-30)33-21-23-35-37(27-33)47-41(43-35)39-25-26-40(49-39)42-44-36-24-22-34(28-38(36)48-42)46(31-17-9-3-10-18-31)32-19-11-4-12-20-32/h1-28H. The van der Waals surface area contributed by atoms with Crippen LogP contribution in [0.15, 0.2) is 179 Å². The average molecular weight is 653 g/mol. The Morgan fingerprint density at radius 3 is 1.06 bits per heavy atom. The molecule has 0 N–H and O–H groups in total. The predicted molar refractivity (Wildman–Crippen MR) is 200 cm³/mol. The van der Waals surface area contributed by atoms with Crippen molar-refractivity contribution in [3.63, 3.8) is 0 Å². The van der Waals surface area contributed by atoms with Crippen LogP contribution in [0.4, 0.5) is 34.1 Å². The number of thiophene rings is 1. The van der Waals surface area contributed by atoms with Gasteiger partial charge in [0, 0.05) is 46.3 Å². The highest BCUT2D eigenvalue weighted by Crippen LogP contribution is 2.41. The number of fused-ring (bicyclic) bond motifs is 2. The molecule has 0 spiro atoms. The lowest BCUT2D eigenvalue weighted by molar-refractivity contribution is 0.621. The molecule has 49 heavy (non-hydrogen) atoms. The number of hydrogen-bond acceptors (Lipinski definition) is 7. The summed E-state index contributed by atoms with van der Waals surface area (Å²) in [5.74, 6) is 1.13. The minimum Gasteiger partial charge on any atom is -0.435 e. The molecule has 3 aromatic heterocycles. The van der Waals surface area contributed by atoms with Gasteiger partial charge in [-0.25, -0.2) is 9.97 Å². The largest absolute Gasteiger partial charge is 0.435 e. The van der Waals surface area contributed by atoms with Crippen LogP contribution in [0.1, 0.15) is 0 Å². The minimum absolute atomic E-state index is 0.564. The van der Waals surface area contributed by atoms with Crippen molar-refractivity contribution < 1.29 is 8.83 Å². The van der Waals surface area contributed by atoms with E-state index in [2.05, 4.69) is 70.5 Å². The molecule has 0 atom stereocenters. The van der Waals surface area contributed by atoms with Gasteiger partial charge in [-0.2, -0.15) is 0 Å². The van der Waals surface area contributed by atoms with Crippen molar-refractivity contribution >= 4 is 67.7 Å². The van der Waals surface area contributed by atoms with Gasteiger partial charge in [-0.3, -0.25) is 0 Å². The third-order valence-corrected chi connectivity index (χ3v) is 9.41. The summed E-state index contributed by atoms with van der Waals surface area (Å²) in [5, 5.41) is 0. The lowest BCUT2D eigenvalue weighted by Gasteiger charge is -2.25. The first-order valence-corrected chi connectivity index (χ1v) is 16.8. The molecule has 9 aromatic rings. The van der Waals surface area contributed by atoms with Crippen LogP contribution >= 0.6 is 11.3 Å². The molecule has 234 valence electrons. The maximum atomic E-state index is 6.37. The second-order valence-electron chi connectivity index (χ2n) is 11.5. The van der Waals surface area contributed by atoms with Crippen molar-refractivity contribution in [1.82, 2.24) is 9.97 Å². The van der Waals surface area contributed by atoms with Gasteiger partial charge >= 0.3 is 0 Å². The van der Waals surface area contributed by atoms with E-state index in [1.54, 1.807) is 11.3 Å². The summed E-state index contributed by atoms with van der Waals surface area (Å²) in [5.41, 5.74) is 9.26. The maximum absolute atomic E-state index is 6.37. The molecular formula is C42H28N4O2S. The third kappa shape index (κ3) is 5.52. The van der Waals surface area contributed by atoms with Gasteiger partial charge in [0.05, 0.1) is 9.75 Å². The van der Waals surface area contributed by atoms with Gasteiger partial charge in [0.2, 0.25) is 11.8 Å². The summed E-state index contributed by atoms with van der Waals surface area (Å²) in [6.45, 7) is 0. The van der Waals surface area contributed by atoms with E-state index in [1.165, 1.54) is 0 Å². The molecular weight excluding hydrogens is 625 g/mol. The summed E-state index contributed by atoms with van der Waals surface area (Å²) in [7, 11) is 0. The van der Waals surface area contributed by atoms with Crippen molar-refractivity contribution in [2.75, 3.05) is 9.80 Å². The van der Waals surface area contributed by atoms with Crippen LogP contribution in [0.5, 0.6) is 0 Å². The Morgan fingerprint density at radius 2 is 0.714 bits per heavy atom. The molecule has 0 fully saturated rings. The van der Waals surface area contributed by atoms with Gasteiger partial charge in [-0.05, 0) is 84.9 Å². The fourth-order valence-electron chi connectivity index (χ4n) is 6.09. The lowest BCUT2D eigenvalue weighted by Crippen LogP contribution is -2.09. The van der Waals surface area contributed by atoms with Crippen LogP contribution in [0.2, 0.25) is 0 Å². The molecule has 9 rings (SSSR count). The number of aromatic nitrogens is 2. The molecule has 0 unspecified atom stereocenters. The van der Waals surface area contributed by atoms with Gasteiger partial charge in [0.1, 0.15) is 11.0 Å². The fourth-order valence-corrected chi connectivity index (χ4v) is 6.94. The summed E-state index contributed by atoms with van der Waals surface area (Å²) in [6.07, 6.45) is 0. The third-order valence-electron chi connectivity index (χ3n) is 8.35. The van der Waals surface area contributed by atoms with E-state index in [-0.39, 0.29) is 0 Å². The van der Waals surface area contributed by atoms with E-state index in [0.717, 1.165) is 66.1 Å². The molecule has 6 nitrogen and oxygen atoms in total. The van der Waals surface area contributed by atoms with Gasteiger partial charge in [0.15, 0.2) is 11.2 Å². The Bertz CT molecular complexity index is 2250. The van der Waals surface area contributed by atoms with E-state index in [0.29, 0.717) is 11.8 Å². The zero-order valence-corrected chi connectivity index (χ0v) is 27.0. The molecule has 0 amide bonds. The van der Waals surface area contributed by atoms with Gasteiger partial charge in [0.25, 0.3) is 0 Å². The Balaban J connectivity index is 1.03. The number of hydrogen-bond donors (Lipinski definition) is 0. The van der Waals surface area contributed by atoms with Crippen molar-refractivity contribution in [1.29, 1.82) is 0 Å². The van der Waals surface area contributed by atoms with Crippen molar-refractivity contribution in [3.05, 3.63) is 170 Å². The van der Waals surface area contributed by atoms with Crippen LogP contribution < -0.4 is 9.80 Å². The fraction of sp³-hybridized carbons (Fsp3) is 0. The Labute approximate surface area is 286 Å². The van der Waals surface area contributed by atoms with E-state index in [4.69, 9.17) is 18.8 Å². The van der Waals surface area contributed by atoms with Crippen LogP contribution in [-0.2, 0) is 0 Å². The highest BCUT2D eigenvalue weighted by Gasteiger charge is 2.19. The topological polar surface area (TPSA) is 58.5 Å². The van der Waals surface area contributed by atoms with Crippen LogP contribution in [-0.4, -0.2) is 9.97 Å². The first-order valence-electron chi connectivity index (χ1n) is 16.0. The molecule has 0 radical (unpaired) electrons. The van der Waals surface area contributed by atoms with Crippen LogP contribution in [0, 0.1) is 0 Å². The molecule has 3 heterocycles. The van der Waals surface area contributed by atoms with E-state index >= 15 is 0 Å². The van der Waals surface area contributed by atoms with Crippen molar-refractivity contribution in [2.24, 2.45) is 0 Å². The SMILES string of the molecule is c1ccc(N(c2ccccc2)c2ccc3nc(-c4ccc(-c5nc6ccc(N(c7ccccc7)c7ccccc7)cc6o5)s4)oc3c2)cc1.